The number of hydrogen-bond acceptors (Lipinski definition) is 6. The van der Waals surface area contributed by atoms with Gasteiger partial charge in [-0.15, -0.1) is 0 Å². The molecule has 1 fully saturated rings. The number of pyridine rings is 1. The van der Waals surface area contributed by atoms with Gasteiger partial charge in [-0.05, 0) is 42.0 Å². The largest absolute Gasteiger partial charge is 0.507 e. The van der Waals surface area contributed by atoms with Crippen LogP contribution in [0, 0.1) is 5.82 Å². The Morgan fingerprint density at radius 3 is 2.34 bits per heavy atom. The normalized spacial score (nSPS) is 17.8. The Morgan fingerprint density at radius 2 is 1.74 bits per heavy atom. The number of benzene rings is 2. The summed E-state index contributed by atoms with van der Waals surface area (Å²) in [6.07, 6.45) is 3.09. The third-order valence-electron chi connectivity index (χ3n) is 5.72. The molecule has 3 aromatic rings. The number of Topliss-reactive ketones (excluding diaryl/α,β-unsaturated/α-hetero) is 1. The number of aliphatic hydroxyl groups is 1. The average molecular weight is 496 g/mol. The number of ketones is 1. The van der Waals surface area contributed by atoms with E-state index in [2.05, 4.69) is 4.98 Å². The highest BCUT2D eigenvalue weighted by molar-refractivity contribution is 7.89. The van der Waals surface area contributed by atoms with Crippen LogP contribution in [0.2, 0.25) is 0 Å². The molecule has 0 aliphatic carbocycles. The summed E-state index contributed by atoms with van der Waals surface area (Å²) in [5, 5.41) is 11.1. The maximum Gasteiger partial charge on any atom is 0.295 e. The SMILES string of the molecule is CN(C)S(=O)(=O)c1ccc(/C(O)=C2\C(=O)C(=O)N(Cc3cccnc3)C2c2ccccc2F)cc1. The maximum absolute atomic E-state index is 14.9. The molecule has 1 aliphatic heterocycles. The summed E-state index contributed by atoms with van der Waals surface area (Å²) in [5.74, 6) is -3.03. The predicted octanol–water partition coefficient (Wildman–Crippen LogP) is 3.09. The molecule has 0 bridgehead atoms. The van der Waals surface area contributed by atoms with E-state index in [1.165, 1.54) is 67.7 Å². The highest BCUT2D eigenvalue weighted by Crippen LogP contribution is 2.41. The highest BCUT2D eigenvalue weighted by Gasteiger charge is 2.47. The Morgan fingerprint density at radius 1 is 1.06 bits per heavy atom. The van der Waals surface area contributed by atoms with Crippen molar-refractivity contribution in [3.05, 3.63) is 101 Å². The standard InChI is InChI=1S/C25H22FN3O5S/c1-28(2)35(33,34)18-11-9-17(10-12-18)23(30)21-22(19-7-3-4-8-20(19)26)29(25(32)24(21)31)15-16-6-5-13-27-14-16/h3-14,22,30H,15H2,1-2H3/b23-21+. The molecule has 2 aromatic carbocycles. The number of aliphatic hydroxyl groups excluding tert-OH is 1. The van der Waals surface area contributed by atoms with E-state index in [-0.39, 0.29) is 28.1 Å². The smallest absolute Gasteiger partial charge is 0.295 e. The van der Waals surface area contributed by atoms with Crippen molar-refractivity contribution in [1.82, 2.24) is 14.2 Å². The van der Waals surface area contributed by atoms with Crippen molar-refractivity contribution < 1.29 is 27.5 Å². The average Bonchev–Trinajstić information content (AvgIpc) is 3.09. The number of halogens is 1. The summed E-state index contributed by atoms with van der Waals surface area (Å²) in [7, 11) is -0.929. The number of nitrogens with zero attached hydrogens (tertiary/aromatic N) is 3. The Labute approximate surface area is 202 Å². The molecule has 10 heteroatoms. The summed E-state index contributed by atoms with van der Waals surface area (Å²) >= 11 is 0. The third-order valence-corrected chi connectivity index (χ3v) is 7.55. The van der Waals surface area contributed by atoms with Crippen LogP contribution in [0.3, 0.4) is 0 Å². The van der Waals surface area contributed by atoms with Gasteiger partial charge < -0.3 is 10.0 Å². The highest BCUT2D eigenvalue weighted by atomic mass is 32.2. The third kappa shape index (κ3) is 4.45. The number of amides is 1. The molecule has 1 saturated heterocycles. The first-order valence-corrected chi connectivity index (χ1v) is 12.0. The van der Waals surface area contributed by atoms with Gasteiger partial charge in [0.2, 0.25) is 10.0 Å². The van der Waals surface area contributed by atoms with Gasteiger partial charge in [-0.3, -0.25) is 14.6 Å². The zero-order valence-corrected chi connectivity index (χ0v) is 19.7. The van der Waals surface area contributed by atoms with Crippen LogP contribution in [-0.4, -0.2) is 53.5 Å². The van der Waals surface area contributed by atoms with Crippen molar-refractivity contribution in [3.8, 4) is 0 Å². The van der Waals surface area contributed by atoms with Gasteiger partial charge in [0.1, 0.15) is 11.6 Å². The van der Waals surface area contributed by atoms with Crippen molar-refractivity contribution >= 4 is 27.5 Å². The Balaban J connectivity index is 1.84. The lowest BCUT2D eigenvalue weighted by Crippen LogP contribution is -2.29. The molecule has 1 N–H and O–H groups in total. The van der Waals surface area contributed by atoms with Gasteiger partial charge in [0.05, 0.1) is 16.5 Å². The second-order valence-electron chi connectivity index (χ2n) is 8.12. The van der Waals surface area contributed by atoms with Crippen LogP contribution in [0.25, 0.3) is 5.76 Å². The minimum atomic E-state index is -3.71. The van der Waals surface area contributed by atoms with Crippen LogP contribution in [0.1, 0.15) is 22.7 Å². The zero-order valence-electron chi connectivity index (χ0n) is 18.9. The van der Waals surface area contributed by atoms with Crippen LogP contribution in [-0.2, 0) is 26.2 Å². The zero-order chi connectivity index (χ0) is 25.3. The number of rotatable bonds is 6. The number of carbonyl (C=O) groups is 2. The molecule has 8 nitrogen and oxygen atoms in total. The van der Waals surface area contributed by atoms with Crippen LogP contribution >= 0.6 is 0 Å². The molecule has 0 saturated carbocycles. The molecule has 1 unspecified atom stereocenters. The molecule has 4 rings (SSSR count). The van der Waals surface area contributed by atoms with E-state index < -0.39 is 39.3 Å². The van der Waals surface area contributed by atoms with E-state index in [1.54, 1.807) is 24.4 Å². The summed E-state index contributed by atoms with van der Waals surface area (Å²) in [6.45, 7) is -0.0335. The van der Waals surface area contributed by atoms with Crippen molar-refractivity contribution in [1.29, 1.82) is 0 Å². The quantitative estimate of drug-likeness (QED) is 0.320. The predicted molar refractivity (Wildman–Crippen MR) is 126 cm³/mol. The number of hydrogen-bond donors (Lipinski definition) is 1. The number of aromatic nitrogens is 1. The molecular weight excluding hydrogens is 473 g/mol. The maximum atomic E-state index is 14.9. The lowest BCUT2D eigenvalue weighted by Gasteiger charge is -2.25. The number of carbonyl (C=O) groups excluding carboxylic acids is 2. The fourth-order valence-electron chi connectivity index (χ4n) is 3.90. The van der Waals surface area contributed by atoms with Crippen LogP contribution in [0.15, 0.2) is 83.5 Å². The van der Waals surface area contributed by atoms with Crippen LogP contribution in [0.5, 0.6) is 0 Å². The fraction of sp³-hybridized carbons (Fsp3) is 0.160. The Kier molecular flexibility index (Phi) is 6.51. The van der Waals surface area contributed by atoms with Crippen molar-refractivity contribution in [2.75, 3.05) is 14.1 Å². The van der Waals surface area contributed by atoms with Gasteiger partial charge in [-0.25, -0.2) is 17.1 Å². The molecule has 180 valence electrons. The van der Waals surface area contributed by atoms with Crippen molar-refractivity contribution in [2.45, 2.75) is 17.5 Å². The van der Waals surface area contributed by atoms with E-state index in [0.29, 0.717) is 5.56 Å². The van der Waals surface area contributed by atoms with Gasteiger partial charge in [0.25, 0.3) is 11.7 Å². The van der Waals surface area contributed by atoms with Gasteiger partial charge in [0.15, 0.2) is 0 Å². The van der Waals surface area contributed by atoms with Gasteiger partial charge in [-0.1, -0.05) is 24.3 Å². The monoisotopic (exact) mass is 495 g/mol. The molecule has 1 aromatic heterocycles. The Bertz CT molecular complexity index is 1420. The van der Waals surface area contributed by atoms with E-state index in [4.69, 9.17) is 0 Å². The van der Waals surface area contributed by atoms with Crippen LogP contribution in [0.4, 0.5) is 4.39 Å². The lowest BCUT2D eigenvalue weighted by atomic mass is 9.95. The molecule has 0 radical (unpaired) electrons. The Hall–Kier alpha value is -3.89. The van der Waals surface area contributed by atoms with Crippen molar-refractivity contribution in [2.24, 2.45) is 0 Å². The summed E-state index contributed by atoms with van der Waals surface area (Å²) in [4.78, 5) is 31.3. The minimum Gasteiger partial charge on any atom is -0.507 e. The first-order valence-electron chi connectivity index (χ1n) is 10.6. The molecule has 35 heavy (non-hydrogen) atoms. The topological polar surface area (TPSA) is 108 Å². The second kappa shape index (κ2) is 9.40. The lowest BCUT2D eigenvalue weighted by molar-refractivity contribution is -0.140. The summed E-state index contributed by atoms with van der Waals surface area (Å²) in [5.41, 5.74) is 0.494. The van der Waals surface area contributed by atoms with Gasteiger partial charge in [0, 0.05) is 44.2 Å². The molecule has 0 spiro atoms. The van der Waals surface area contributed by atoms with Crippen LogP contribution < -0.4 is 0 Å². The number of sulfonamides is 1. The van der Waals surface area contributed by atoms with E-state index >= 15 is 0 Å². The molecular formula is C25H22FN3O5S. The fourth-order valence-corrected chi connectivity index (χ4v) is 4.80. The van der Waals surface area contributed by atoms with Gasteiger partial charge >= 0.3 is 0 Å². The first-order chi connectivity index (χ1) is 16.6. The first kappa shape index (κ1) is 24.2. The summed E-state index contributed by atoms with van der Waals surface area (Å²) in [6, 6.07) is 13.1. The number of likely N-dealkylation sites (tertiary alicyclic amines) is 1. The molecule has 1 amide bonds. The molecule has 2 heterocycles. The summed E-state index contributed by atoms with van der Waals surface area (Å²) < 4.78 is 40.6. The minimum absolute atomic E-state index is 0.0123. The second-order valence-corrected chi connectivity index (χ2v) is 10.3. The van der Waals surface area contributed by atoms with E-state index in [1.807, 2.05) is 0 Å². The molecule has 1 aliphatic rings. The van der Waals surface area contributed by atoms with Gasteiger partial charge in [-0.2, -0.15) is 0 Å². The molecule has 1 atom stereocenters. The van der Waals surface area contributed by atoms with E-state index in [0.717, 1.165) is 4.31 Å². The van der Waals surface area contributed by atoms with E-state index in [9.17, 15) is 27.5 Å². The van der Waals surface area contributed by atoms with Crippen molar-refractivity contribution in [3.63, 3.8) is 0 Å².